The van der Waals surface area contributed by atoms with Crippen LogP contribution >= 0.6 is 11.8 Å². The van der Waals surface area contributed by atoms with Gasteiger partial charge in [-0.2, -0.15) is 0 Å². The Balaban J connectivity index is 1.84. The number of amides is 2. The number of fused-ring (bicyclic) bond motifs is 1. The number of rotatable bonds is 1. The molecule has 0 bridgehead atoms. The molecule has 1 fully saturated rings. The van der Waals surface area contributed by atoms with Gasteiger partial charge in [0.05, 0.1) is 17.0 Å². The molecule has 3 aliphatic heterocycles. The Hall–Kier alpha value is -2.53. The molecule has 154 valence electrons. The summed E-state index contributed by atoms with van der Waals surface area (Å²) in [5.74, 6) is 0.256. The average Bonchev–Trinajstić information content (AvgIpc) is 3.09. The zero-order valence-electron chi connectivity index (χ0n) is 18.3. The predicted molar refractivity (Wildman–Crippen MR) is 124 cm³/mol. The van der Waals surface area contributed by atoms with E-state index in [0.717, 1.165) is 39.2 Å². The van der Waals surface area contributed by atoms with Crippen LogP contribution in [0.25, 0.3) is 5.57 Å². The van der Waals surface area contributed by atoms with E-state index in [9.17, 15) is 9.59 Å². The summed E-state index contributed by atoms with van der Waals surface area (Å²) in [4.78, 5) is 30.1. The fraction of sp³-hybridized carbons (Fsp3) is 0.360. The van der Waals surface area contributed by atoms with Crippen LogP contribution in [0.4, 0.5) is 11.4 Å². The Kier molecular flexibility index (Phi) is 3.89. The molecule has 2 amide bonds. The minimum absolute atomic E-state index is 0.0176. The van der Waals surface area contributed by atoms with Gasteiger partial charge in [0.15, 0.2) is 0 Å². The summed E-state index contributed by atoms with van der Waals surface area (Å²) in [6.45, 7) is 12.4. The lowest BCUT2D eigenvalue weighted by Gasteiger charge is -2.40. The molecule has 0 radical (unpaired) electrons. The standard InChI is InChI=1S/C25H26N2O2S/c1-14-7-15(2)9-18(8-14)26-21(28)13-30-25(26)20-11-16(3)10-19-17(4)12-24(5,6)27(22(19)20)23(25)29/h7-12H,13H2,1-6H3/t25-/m0/s1. The number of aryl methyl sites for hydroxylation is 3. The minimum atomic E-state index is -1.05. The van der Waals surface area contributed by atoms with E-state index < -0.39 is 10.4 Å². The van der Waals surface area contributed by atoms with Crippen molar-refractivity contribution >= 4 is 40.5 Å². The first-order valence-electron chi connectivity index (χ1n) is 10.3. The van der Waals surface area contributed by atoms with E-state index >= 15 is 0 Å². The molecule has 0 aromatic heterocycles. The molecule has 0 saturated carbocycles. The highest BCUT2D eigenvalue weighted by atomic mass is 32.2. The van der Waals surface area contributed by atoms with Crippen molar-refractivity contribution in [1.29, 1.82) is 0 Å². The number of hydrogen-bond acceptors (Lipinski definition) is 3. The van der Waals surface area contributed by atoms with Crippen molar-refractivity contribution in [1.82, 2.24) is 0 Å². The second-order valence-electron chi connectivity index (χ2n) is 9.34. The number of nitrogens with zero attached hydrogens (tertiary/aromatic N) is 2. The smallest absolute Gasteiger partial charge is 0.269 e. The van der Waals surface area contributed by atoms with Crippen LogP contribution in [0.15, 0.2) is 36.4 Å². The molecular formula is C25H26N2O2S. The molecule has 4 nitrogen and oxygen atoms in total. The molecule has 0 N–H and O–H groups in total. The largest absolute Gasteiger partial charge is 0.299 e. The van der Waals surface area contributed by atoms with Gasteiger partial charge in [0.1, 0.15) is 0 Å². The van der Waals surface area contributed by atoms with Gasteiger partial charge >= 0.3 is 0 Å². The second kappa shape index (κ2) is 6.01. The van der Waals surface area contributed by atoms with E-state index in [2.05, 4.69) is 52.0 Å². The number of hydrogen-bond donors (Lipinski definition) is 0. The molecule has 3 aliphatic rings. The minimum Gasteiger partial charge on any atom is -0.299 e. The third kappa shape index (κ3) is 2.36. The molecule has 1 saturated heterocycles. The van der Waals surface area contributed by atoms with E-state index in [4.69, 9.17) is 0 Å². The molecule has 0 aliphatic carbocycles. The average molecular weight is 419 g/mol. The van der Waals surface area contributed by atoms with Gasteiger partial charge in [-0.05, 0) is 82.0 Å². The van der Waals surface area contributed by atoms with Crippen molar-refractivity contribution in [3.63, 3.8) is 0 Å². The van der Waals surface area contributed by atoms with Crippen molar-refractivity contribution in [3.8, 4) is 0 Å². The van der Waals surface area contributed by atoms with Crippen molar-refractivity contribution in [2.24, 2.45) is 0 Å². The molecule has 3 heterocycles. The topological polar surface area (TPSA) is 40.6 Å². The predicted octanol–water partition coefficient (Wildman–Crippen LogP) is 5.09. The monoisotopic (exact) mass is 418 g/mol. The van der Waals surface area contributed by atoms with E-state index in [0.29, 0.717) is 5.75 Å². The molecule has 5 rings (SSSR count). The highest BCUT2D eigenvalue weighted by Crippen LogP contribution is 2.60. The number of anilines is 2. The zero-order chi connectivity index (χ0) is 21.6. The first-order chi connectivity index (χ1) is 14.1. The first kappa shape index (κ1) is 19.4. The summed E-state index contributed by atoms with van der Waals surface area (Å²) in [5, 5.41) is 0. The summed E-state index contributed by atoms with van der Waals surface area (Å²) in [5.41, 5.74) is 7.79. The maximum absolute atomic E-state index is 14.2. The van der Waals surface area contributed by atoms with Gasteiger partial charge in [-0.1, -0.05) is 18.2 Å². The summed E-state index contributed by atoms with van der Waals surface area (Å²) >= 11 is 1.45. The van der Waals surface area contributed by atoms with Crippen molar-refractivity contribution in [2.75, 3.05) is 15.6 Å². The molecule has 1 atom stereocenters. The lowest BCUT2D eigenvalue weighted by Crippen LogP contribution is -2.55. The Morgan fingerprint density at radius 1 is 0.867 bits per heavy atom. The van der Waals surface area contributed by atoms with Gasteiger partial charge < -0.3 is 0 Å². The van der Waals surface area contributed by atoms with Gasteiger partial charge in [-0.25, -0.2) is 0 Å². The van der Waals surface area contributed by atoms with Gasteiger partial charge in [-0.3, -0.25) is 19.4 Å². The van der Waals surface area contributed by atoms with Crippen molar-refractivity contribution in [2.45, 2.75) is 52.0 Å². The maximum Gasteiger partial charge on any atom is 0.269 e. The zero-order valence-corrected chi connectivity index (χ0v) is 19.1. The Bertz CT molecular complexity index is 1160. The second-order valence-corrected chi connectivity index (χ2v) is 10.5. The molecule has 30 heavy (non-hydrogen) atoms. The van der Waals surface area contributed by atoms with E-state index in [1.54, 1.807) is 4.90 Å². The molecule has 2 aromatic carbocycles. The highest BCUT2D eigenvalue weighted by Gasteiger charge is 2.64. The number of thioether (sulfide) groups is 1. The first-order valence-corrected chi connectivity index (χ1v) is 11.3. The number of carbonyl (C=O) groups is 2. The Morgan fingerprint density at radius 2 is 1.50 bits per heavy atom. The Labute approximate surface area is 181 Å². The normalized spacial score (nSPS) is 24.0. The molecule has 5 heteroatoms. The van der Waals surface area contributed by atoms with Crippen LogP contribution in [0, 0.1) is 20.8 Å². The van der Waals surface area contributed by atoms with Crippen LogP contribution < -0.4 is 9.80 Å². The van der Waals surface area contributed by atoms with E-state index in [-0.39, 0.29) is 11.8 Å². The third-order valence-corrected chi connectivity index (χ3v) is 7.73. The fourth-order valence-electron chi connectivity index (χ4n) is 5.40. The molecular weight excluding hydrogens is 392 g/mol. The SMILES string of the molecule is CC1=CC(C)(C)N2C(=O)[C@@]3(SCC(=O)N3c3cc(C)cc(C)c3)c3cc(C)cc1c32. The summed E-state index contributed by atoms with van der Waals surface area (Å²) in [6.07, 6.45) is 2.16. The number of allylic oxidation sites excluding steroid dienone is 1. The van der Waals surface area contributed by atoms with Gasteiger partial charge in [0.25, 0.3) is 5.91 Å². The van der Waals surface area contributed by atoms with Crippen LogP contribution in [-0.2, 0) is 14.5 Å². The molecule has 0 unspecified atom stereocenters. The number of benzene rings is 2. The molecule has 1 spiro atoms. The highest BCUT2D eigenvalue weighted by molar-refractivity contribution is 8.02. The number of carbonyl (C=O) groups excluding carboxylic acids is 2. The van der Waals surface area contributed by atoms with Crippen LogP contribution in [0.5, 0.6) is 0 Å². The third-order valence-electron chi connectivity index (χ3n) is 6.34. The maximum atomic E-state index is 14.2. The lowest BCUT2D eigenvalue weighted by molar-refractivity contribution is -0.124. The van der Waals surface area contributed by atoms with Crippen LogP contribution in [-0.4, -0.2) is 23.1 Å². The summed E-state index contributed by atoms with van der Waals surface area (Å²) < 4.78 is 0. The van der Waals surface area contributed by atoms with Gasteiger partial charge in [0.2, 0.25) is 10.8 Å². The fourth-order valence-corrected chi connectivity index (χ4v) is 6.72. The van der Waals surface area contributed by atoms with Gasteiger partial charge in [0, 0.05) is 16.8 Å². The van der Waals surface area contributed by atoms with Crippen molar-refractivity contribution in [3.05, 3.63) is 64.2 Å². The molecule has 2 aromatic rings. The summed E-state index contributed by atoms with van der Waals surface area (Å²) in [6, 6.07) is 10.4. The van der Waals surface area contributed by atoms with Crippen LogP contribution in [0.3, 0.4) is 0 Å². The van der Waals surface area contributed by atoms with E-state index in [1.165, 1.54) is 17.3 Å². The van der Waals surface area contributed by atoms with Gasteiger partial charge in [-0.15, -0.1) is 11.8 Å². The van der Waals surface area contributed by atoms with Crippen LogP contribution in [0.2, 0.25) is 0 Å². The summed E-state index contributed by atoms with van der Waals surface area (Å²) in [7, 11) is 0. The van der Waals surface area contributed by atoms with E-state index in [1.807, 2.05) is 30.9 Å². The Morgan fingerprint density at radius 3 is 2.17 bits per heavy atom. The lowest BCUT2D eigenvalue weighted by atomic mass is 9.88. The van der Waals surface area contributed by atoms with Crippen LogP contribution in [0.1, 0.15) is 48.6 Å². The quantitative estimate of drug-likeness (QED) is 0.648. The van der Waals surface area contributed by atoms with Crippen molar-refractivity contribution < 1.29 is 9.59 Å².